The molecule has 0 aromatic carbocycles. The van der Waals surface area contributed by atoms with Crippen molar-refractivity contribution in [3.8, 4) is 0 Å². The number of carbonyl (C=O) groups excluding carboxylic acids is 1. The number of methoxy groups -OCH3 is 1. The molecule has 1 saturated heterocycles. The van der Waals surface area contributed by atoms with Gasteiger partial charge >= 0.3 is 5.97 Å². The van der Waals surface area contributed by atoms with Gasteiger partial charge in [-0.3, -0.25) is 9.69 Å². The Balaban J connectivity index is 2.13. The van der Waals surface area contributed by atoms with Gasteiger partial charge in [-0.25, -0.2) is 4.79 Å². The van der Waals surface area contributed by atoms with Crippen LogP contribution in [0.3, 0.4) is 0 Å². The Labute approximate surface area is 143 Å². The molecule has 1 fully saturated rings. The lowest BCUT2D eigenvalue weighted by atomic mass is 10.00. The van der Waals surface area contributed by atoms with Crippen LogP contribution in [-0.4, -0.2) is 46.2 Å². The number of thioether (sulfide) groups is 1. The van der Waals surface area contributed by atoms with Gasteiger partial charge in [-0.1, -0.05) is 0 Å². The zero-order valence-corrected chi connectivity index (χ0v) is 14.8. The van der Waals surface area contributed by atoms with Crippen molar-refractivity contribution in [1.82, 2.24) is 4.90 Å². The molecule has 118 valence electrons. The Morgan fingerprint density at radius 2 is 2.36 bits per heavy atom. The summed E-state index contributed by atoms with van der Waals surface area (Å²) in [5, 5.41) is 11.2. The van der Waals surface area contributed by atoms with E-state index >= 15 is 0 Å². The van der Waals surface area contributed by atoms with Gasteiger partial charge in [0.15, 0.2) is 0 Å². The van der Waals surface area contributed by atoms with Crippen LogP contribution < -0.4 is 5.73 Å². The number of β-lactam (4-membered cyclic amide) rings is 1. The maximum absolute atomic E-state index is 12.0. The highest BCUT2D eigenvalue weighted by atomic mass is 79.9. The predicted molar refractivity (Wildman–Crippen MR) is 88.4 cm³/mol. The van der Waals surface area contributed by atoms with Crippen molar-refractivity contribution in [2.75, 3.05) is 12.9 Å². The minimum atomic E-state index is -1.11. The highest BCUT2D eigenvalue weighted by Gasteiger charge is 2.52. The maximum atomic E-state index is 12.0. The quantitative estimate of drug-likeness (QED) is 0.741. The van der Waals surface area contributed by atoms with Gasteiger partial charge < -0.3 is 15.6 Å². The zero-order chi connectivity index (χ0) is 16.0. The number of nitrogens with two attached hydrogens (primary N) is 1. The summed E-state index contributed by atoms with van der Waals surface area (Å²) in [5.74, 6) is -0.954. The fourth-order valence-electron chi connectivity index (χ4n) is 2.63. The number of ether oxygens (including phenoxy) is 1. The predicted octanol–water partition coefficient (Wildman–Crippen LogP) is 1.70. The number of aliphatic carboxylic acids is 1. The number of hydrogen-bond donors (Lipinski definition) is 2. The lowest BCUT2D eigenvalue weighted by Gasteiger charge is -2.48. The van der Waals surface area contributed by atoms with Crippen LogP contribution in [0.1, 0.15) is 10.4 Å². The molecule has 0 aliphatic carbocycles. The third kappa shape index (κ3) is 2.31. The molecule has 2 aliphatic heterocycles. The molecule has 1 aromatic rings. The van der Waals surface area contributed by atoms with Crippen LogP contribution in [0.2, 0.25) is 0 Å². The molecule has 9 heteroatoms. The molecule has 0 saturated carbocycles. The van der Waals surface area contributed by atoms with Gasteiger partial charge in [0.2, 0.25) is 5.91 Å². The normalized spacial score (nSPS) is 24.3. The Morgan fingerprint density at radius 3 is 3.00 bits per heavy atom. The van der Waals surface area contributed by atoms with E-state index in [1.807, 2.05) is 5.38 Å². The number of rotatable bonds is 4. The number of thiophene rings is 1. The van der Waals surface area contributed by atoms with E-state index in [4.69, 9.17) is 10.5 Å². The first-order valence-electron chi connectivity index (χ1n) is 6.39. The zero-order valence-electron chi connectivity index (χ0n) is 11.5. The van der Waals surface area contributed by atoms with Gasteiger partial charge in [0.25, 0.3) is 0 Å². The van der Waals surface area contributed by atoms with Gasteiger partial charge in [-0.15, -0.1) is 23.1 Å². The molecular weight excluding hydrogens is 392 g/mol. The van der Waals surface area contributed by atoms with E-state index < -0.39 is 12.0 Å². The molecule has 3 rings (SSSR count). The monoisotopic (exact) mass is 404 g/mol. The maximum Gasteiger partial charge on any atom is 0.352 e. The molecule has 2 aliphatic rings. The van der Waals surface area contributed by atoms with Crippen molar-refractivity contribution in [1.29, 1.82) is 0 Å². The highest BCUT2D eigenvalue weighted by molar-refractivity contribution is 9.10. The Kier molecular flexibility index (Phi) is 4.34. The van der Waals surface area contributed by atoms with Crippen LogP contribution in [0.5, 0.6) is 0 Å². The molecular formula is C13H13BrN2O4S2. The Bertz CT molecular complexity index is 688. The number of carboxylic acid groups (broad SMARTS) is 1. The highest BCUT2D eigenvalue weighted by Crippen LogP contribution is 2.45. The van der Waals surface area contributed by atoms with Crippen molar-refractivity contribution in [3.63, 3.8) is 0 Å². The van der Waals surface area contributed by atoms with Crippen LogP contribution in [0.25, 0.3) is 5.57 Å². The topological polar surface area (TPSA) is 92.9 Å². The first kappa shape index (κ1) is 16.0. The standard InChI is InChI=1S/C13H13BrN2O4S2/c1-20-2-7-8(6(14)4-21-7)5-3-22-12-9(15)11(17)16(12)10(5)13(18)19/h4,9,12H,2-3,15H2,1H3,(H,18,19)/t9-,12+/m1/s1. The van der Waals surface area contributed by atoms with Crippen molar-refractivity contribution in [3.05, 3.63) is 26.0 Å². The number of carboxylic acids is 1. The van der Waals surface area contributed by atoms with Gasteiger partial charge in [0.05, 0.1) is 6.61 Å². The first-order chi connectivity index (χ1) is 10.5. The molecule has 1 amide bonds. The van der Waals surface area contributed by atoms with E-state index in [-0.39, 0.29) is 17.0 Å². The summed E-state index contributed by atoms with van der Waals surface area (Å²) < 4.78 is 6.00. The largest absolute Gasteiger partial charge is 0.477 e. The van der Waals surface area contributed by atoms with Crippen LogP contribution in [0.15, 0.2) is 15.5 Å². The van der Waals surface area contributed by atoms with Crippen LogP contribution in [0, 0.1) is 0 Å². The average molecular weight is 405 g/mol. The lowest BCUT2D eigenvalue weighted by molar-refractivity contribution is -0.147. The lowest BCUT2D eigenvalue weighted by Crippen LogP contribution is -2.68. The summed E-state index contributed by atoms with van der Waals surface area (Å²) in [6.07, 6.45) is 0. The summed E-state index contributed by atoms with van der Waals surface area (Å²) in [5.41, 5.74) is 7.23. The Morgan fingerprint density at radius 1 is 1.64 bits per heavy atom. The Hall–Kier alpha value is -0.870. The molecule has 1 aromatic heterocycles. The second-order valence-corrected chi connectivity index (χ2v) is 7.81. The summed E-state index contributed by atoms with van der Waals surface area (Å²) in [6.45, 7) is 0.392. The summed E-state index contributed by atoms with van der Waals surface area (Å²) in [4.78, 5) is 25.9. The van der Waals surface area contributed by atoms with Gasteiger partial charge in [-0.2, -0.15) is 0 Å². The van der Waals surface area contributed by atoms with Crippen LogP contribution in [-0.2, 0) is 20.9 Å². The smallest absolute Gasteiger partial charge is 0.352 e. The molecule has 3 N–H and O–H groups in total. The van der Waals surface area contributed by atoms with Gasteiger partial charge in [0.1, 0.15) is 17.1 Å². The SMILES string of the molecule is COCc1scc(Br)c1C1=C(C(=O)O)N2C(=O)[C@@H](N)[C@@H]2SC1. The molecule has 6 nitrogen and oxygen atoms in total. The third-order valence-corrected chi connectivity index (χ3v) is 6.80. The van der Waals surface area contributed by atoms with Crippen LogP contribution >= 0.6 is 39.0 Å². The van der Waals surface area contributed by atoms with E-state index in [0.29, 0.717) is 17.9 Å². The molecule has 0 spiro atoms. The summed E-state index contributed by atoms with van der Waals surface area (Å²) in [6, 6.07) is -0.620. The van der Waals surface area contributed by atoms with Crippen molar-refractivity contribution >= 4 is 56.5 Å². The minimum Gasteiger partial charge on any atom is -0.477 e. The average Bonchev–Trinajstić information content (AvgIpc) is 2.86. The first-order valence-corrected chi connectivity index (χ1v) is 9.11. The molecule has 0 unspecified atom stereocenters. The van der Waals surface area contributed by atoms with Crippen LogP contribution in [0.4, 0.5) is 0 Å². The fourth-order valence-corrected chi connectivity index (χ4v) is 5.72. The number of amides is 1. The molecule has 0 bridgehead atoms. The van der Waals surface area contributed by atoms with E-state index in [9.17, 15) is 14.7 Å². The number of halogens is 1. The number of nitrogens with zero attached hydrogens (tertiary/aromatic N) is 1. The van der Waals surface area contributed by atoms with Crippen molar-refractivity contribution < 1.29 is 19.4 Å². The molecule has 0 radical (unpaired) electrons. The second-order valence-electron chi connectivity index (χ2n) is 4.88. The third-order valence-electron chi connectivity index (χ3n) is 3.61. The minimum absolute atomic E-state index is 0.0342. The molecule has 2 atom stereocenters. The van der Waals surface area contributed by atoms with E-state index in [1.165, 1.54) is 28.0 Å². The summed E-state index contributed by atoms with van der Waals surface area (Å²) >= 11 is 6.45. The van der Waals surface area contributed by atoms with Gasteiger partial charge in [0, 0.05) is 38.7 Å². The van der Waals surface area contributed by atoms with E-state index in [1.54, 1.807) is 7.11 Å². The number of fused-ring (bicyclic) bond motifs is 1. The number of carbonyl (C=O) groups is 2. The molecule has 3 heterocycles. The number of hydrogen-bond acceptors (Lipinski definition) is 6. The van der Waals surface area contributed by atoms with Gasteiger partial charge in [-0.05, 0) is 15.9 Å². The van der Waals surface area contributed by atoms with E-state index in [0.717, 1.165) is 14.9 Å². The summed E-state index contributed by atoms with van der Waals surface area (Å²) in [7, 11) is 1.59. The fraction of sp³-hybridized carbons (Fsp3) is 0.385. The molecule has 22 heavy (non-hydrogen) atoms. The second kappa shape index (κ2) is 5.97. The van der Waals surface area contributed by atoms with Crippen molar-refractivity contribution in [2.45, 2.75) is 18.0 Å². The van der Waals surface area contributed by atoms with E-state index in [2.05, 4.69) is 15.9 Å². The van der Waals surface area contributed by atoms with Crippen molar-refractivity contribution in [2.24, 2.45) is 5.73 Å².